The molecule has 1 heterocycles. The van der Waals surface area contributed by atoms with Crippen LogP contribution in [0.3, 0.4) is 0 Å². The topological polar surface area (TPSA) is 45.5 Å². The summed E-state index contributed by atoms with van der Waals surface area (Å²) in [6.07, 6.45) is 7.72. The van der Waals surface area contributed by atoms with E-state index < -0.39 is 0 Å². The highest BCUT2D eigenvalue weighted by atomic mass is 16.4. The van der Waals surface area contributed by atoms with Crippen LogP contribution in [0.4, 0.5) is 0 Å². The molecule has 0 saturated heterocycles. The Morgan fingerprint density at radius 2 is 1.60 bits per heavy atom. The Morgan fingerprint density at radius 3 is 2.36 bits per heavy atom. The van der Waals surface area contributed by atoms with Crippen molar-refractivity contribution in [1.29, 1.82) is 0 Å². The van der Waals surface area contributed by atoms with Gasteiger partial charge in [-0.3, -0.25) is 4.98 Å². The highest BCUT2D eigenvalue weighted by Crippen LogP contribution is 2.18. The number of hydrogen-bond acceptors (Lipinski definition) is 3. The molecule has 2 aromatic carbocycles. The first-order valence-electron chi connectivity index (χ1n) is 8.63. The van der Waals surface area contributed by atoms with Crippen LogP contribution in [-0.4, -0.2) is 15.9 Å². The average Bonchev–Trinajstić information content (AvgIpc) is 2.68. The summed E-state index contributed by atoms with van der Waals surface area (Å²) in [4.78, 5) is 4.13. The van der Waals surface area contributed by atoms with E-state index >= 15 is 0 Å². The molecule has 3 nitrogen and oxygen atoms in total. The molecule has 3 aromatic rings. The van der Waals surface area contributed by atoms with Gasteiger partial charge in [0.25, 0.3) is 0 Å². The number of pyridine rings is 1. The monoisotopic (exact) mass is 330 g/mol. The van der Waals surface area contributed by atoms with E-state index in [4.69, 9.17) is 0 Å². The molecule has 0 radical (unpaired) electrons. The molecule has 1 aromatic heterocycles. The van der Waals surface area contributed by atoms with Crippen LogP contribution in [0, 0.1) is 0 Å². The van der Waals surface area contributed by atoms with Crippen LogP contribution in [0.15, 0.2) is 84.3 Å². The van der Waals surface area contributed by atoms with Crippen LogP contribution in [-0.2, 0) is 12.8 Å². The van der Waals surface area contributed by atoms with Crippen molar-refractivity contribution in [2.24, 2.45) is 5.16 Å². The third-order valence-corrected chi connectivity index (χ3v) is 4.31. The van der Waals surface area contributed by atoms with Crippen molar-refractivity contribution in [3.63, 3.8) is 0 Å². The molecule has 126 valence electrons. The maximum absolute atomic E-state index is 9.54. The fourth-order valence-electron chi connectivity index (χ4n) is 3.03. The Bertz CT molecular complexity index is 814. The minimum atomic E-state index is 0.576. The van der Waals surface area contributed by atoms with E-state index in [-0.39, 0.29) is 0 Å². The summed E-state index contributed by atoms with van der Waals surface area (Å²) < 4.78 is 0. The molecule has 0 unspecified atom stereocenters. The Morgan fingerprint density at radius 1 is 0.840 bits per heavy atom. The van der Waals surface area contributed by atoms with Crippen molar-refractivity contribution >= 4 is 5.71 Å². The third-order valence-electron chi connectivity index (χ3n) is 4.31. The summed E-state index contributed by atoms with van der Waals surface area (Å²) in [6, 6.07) is 22.5. The summed E-state index contributed by atoms with van der Waals surface area (Å²) in [6.45, 7) is 0. The van der Waals surface area contributed by atoms with Crippen molar-refractivity contribution in [2.45, 2.75) is 25.7 Å². The van der Waals surface area contributed by atoms with Crippen LogP contribution in [0.25, 0.3) is 0 Å². The number of aryl methyl sites for hydroxylation is 2. The van der Waals surface area contributed by atoms with Crippen LogP contribution >= 0.6 is 0 Å². The molecule has 0 atom stereocenters. The molecule has 0 saturated carbocycles. The van der Waals surface area contributed by atoms with E-state index in [1.165, 1.54) is 11.1 Å². The van der Waals surface area contributed by atoms with Gasteiger partial charge in [0.15, 0.2) is 0 Å². The molecule has 0 fully saturated rings. The van der Waals surface area contributed by atoms with Gasteiger partial charge in [-0.2, -0.15) is 0 Å². The van der Waals surface area contributed by atoms with E-state index in [1.807, 2.05) is 36.4 Å². The quantitative estimate of drug-likeness (QED) is 0.291. The van der Waals surface area contributed by atoms with Crippen molar-refractivity contribution in [1.82, 2.24) is 4.98 Å². The van der Waals surface area contributed by atoms with Crippen molar-refractivity contribution in [2.75, 3.05) is 0 Å². The van der Waals surface area contributed by atoms with Gasteiger partial charge in [-0.25, -0.2) is 0 Å². The Hall–Kier alpha value is -2.94. The number of aromatic nitrogens is 1. The van der Waals surface area contributed by atoms with E-state index in [0.29, 0.717) is 5.71 Å². The molecule has 0 bridgehead atoms. The first kappa shape index (κ1) is 16.9. The second-order valence-electron chi connectivity index (χ2n) is 6.04. The van der Waals surface area contributed by atoms with Gasteiger partial charge in [0.05, 0.1) is 0 Å². The molecule has 0 spiro atoms. The van der Waals surface area contributed by atoms with Gasteiger partial charge in [0.1, 0.15) is 5.71 Å². The smallest absolute Gasteiger partial charge is 0.118 e. The SMILES string of the molecule is ON=C(c1cccnc1)c1ccccc1CCCCc1ccccc1. The summed E-state index contributed by atoms with van der Waals surface area (Å²) in [7, 11) is 0. The van der Waals surface area contributed by atoms with Gasteiger partial charge in [0.2, 0.25) is 0 Å². The van der Waals surface area contributed by atoms with Crippen LogP contribution in [0.1, 0.15) is 35.1 Å². The molecule has 25 heavy (non-hydrogen) atoms. The first-order valence-corrected chi connectivity index (χ1v) is 8.63. The fourth-order valence-corrected chi connectivity index (χ4v) is 3.03. The van der Waals surface area contributed by atoms with E-state index in [0.717, 1.165) is 36.8 Å². The molecular formula is C22H22N2O. The van der Waals surface area contributed by atoms with Crippen molar-refractivity contribution < 1.29 is 5.21 Å². The van der Waals surface area contributed by atoms with Crippen molar-refractivity contribution in [3.8, 4) is 0 Å². The second-order valence-corrected chi connectivity index (χ2v) is 6.04. The molecule has 0 amide bonds. The third kappa shape index (κ3) is 4.54. The van der Waals surface area contributed by atoms with Crippen LogP contribution in [0.5, 0.6) is 0 Å². The van der Waals surface area contributed by atoms with Gasteiger partial charge < -0.3 is 5.21 Å². The molecule has 0 aliphatic heterocycles. The van der Waals surface area contributed by atoms with Crippen LogP contribution < -0.4 is 0 Å². The minimum Gasteiger partial charge on any atom is -0.410 e. The van der Waals surface area contributed by atoms with E-state index in [2.05, 4.69) is 40.5 Å². The van der Waals surface area contributed by atoms with Gasteiger partial charge in [0, 0.05) is 23.5 Å². The predicted molar refractivity (Wildman–Crippen MR) is 101 cm³/mol. The zero-order valence-electron chi connectivity index (χ0n) is 14.2. The van der Waals surface area contributed by atoms with Crippen molar-refractivity contribution in [3.05, 3.63) is 101 Å². The van der Waals surface area contributed by atoms with Gasteiger partial charge in [-0.05, 0) is 48.9 Å². The first-order chi connectivity index (χ1) is 12.4. The van der Waals surface area contributed by atoms with E-state index in [1.54, 1.807) is 12.4 Å². The molecule has 1 N–H and O–H groups in total. The van der Waals surface area contributed by atoms with Gasteiger partial charge in [-0.1, -0.05) is 59.8 Å². The number of oxime groups is 1. The summed E-state index contributed by atoms with van der Waals surface area (Å²) in [5.41, 5.74) is 4.95. The molecule has 0 aliphatic carbocycles. The zero-order chi connectivity index (χ0) is 17.3. The number of hydrogen-bond donors (Lipinski definition) is 1. The zero-order valence-corrected chi connectivity index (χ0v) is 14.2. The maximum atomic E-state index is 9.54. The highest BCUT2D eigenvalue weighted by Gasteiger charge is 2.12. The molecule has 3 rings (SSSR count). The Balaban J connectivity index is 1.68. The van der Waals surface area contributed by atoms with Crippen LogP contribution in [0.2, 0.25) is 0 Å². The standard InChI is InChI=1S/C22H22N2O/c25-24-22(20-14-8-16-23-17-20)21-15-7-6-13-19(21)12-5-4-11-18-9-2-1-3-10-18/h1-3,6-10,13-17,25H,4-5,11-12H2. The fraction of sp³-hybridized carbons (Fsp3) is 0.182. The second kappa shape index (κ2) is 8.78. The Kier molecular flexibility index (Phi) is 5.94. The number of benzene rings is 2. The highest BCUT2D eigenvalue weighted by molar-refractivity contribution is 6.13. The number of rotatable bonds is 7. The number of unbranched alkanes of at least 4 members (excludes halogenated alkanes) is 1. The molecule has 3 heteroatoms. The maximum Gasteiger partial charge on any atom is 0.118 e. The van der Waals surface area contributed by atoms with Gasteiger partial charge >= 0.3 is 0 Å². The normalized spacial score (nSPS) is 11.4. The largest absolute Gasteiger partial charge is 0.410 e. The summed E-state index contributed by atoms with van der Waals surface area (Å²) in [5.74, 6) is 0. The molecular weight excluding hydrogens is 308 g/mol. The van der Waals surface area contributed by atoms with Gasteiger partial charge in [-0.15, -0.1) is 0 Å². The minimum absolute atomic E-state index is 0.576. The average molecular weight is 330 g/mol. The number of nitrogens with zero attached hydrogens (tertiary/aromatic N) is 2. The Labute approximate surface area is 148 Å². The predicted octanol–water partition coefficient (Wildman–Crippen LogP) is 4.87. The lowest BCUT2D eigenvalue weighted by Gasteiger charge is -2.11. The summed E-state index contributed by atoms with van der Waals surface area (Å²) >= 11 is 0. The van der Waals surface area contributed by atoms with E-state index in [9.17, 15) is 5.21 Å². The lowest BCUT2D eigenvalue weighted by molar-refractivity contribution is 0.319. The lowest BCUT2D eigenvalue weighted by Crippen LogP contribution is -2.07. The molecule has 0 aliphatic rings. The lowest BCUT2D eigenvalue weighted by atomic mass is 9.94. The summed E-state index contributed by atoms with van der Waals surface area (Å²) in [5, 5.41) is 13.1.